The molecule has 1 amide bonds. The van der Waals surface area contributed by atoms with Gasteiger partial charge >= 0.3 is 0 Å². The van der Waals surface area contributed by atoms with E-state index in [9.17, 15) is 14.9 Å². The van der Waals surface area contributed by atoms with Gasteiger partial charge in [0.2, 0.25) is 0 Å². The highest BCUT2D eigenvalue weighted by molar-refractivity contribution is 7.99. The van der Waals surface area contributed by atoms with Crippen LogP contribution in [0.5, 0.6) is 0 Å². The van der Waals surface area contributed by atoms with Crippen LogP contribution in [0, 0.1) is 16.0 Å². The fraction of sp³-hybridized carbons (Fsp3) is 0.462. The van der Waals surface area contributed by atoms with E-state index in [0.717, 1.165) is 24.3 Å². The number of nitrogens with zero attached hydrogens (tertiary/aromatic N) is 1. The molecule has 0 radical (unpaired) electrons. The first kappa shape index (κ1) is 15.1. The SMILES string of the molecule is O=C(NCC1CCSCC1)c1cccc([N+](=O)[O-])c1Cl. The fourth-order valence-electron chi connectivity index (χ4n) is 2.12. The van der Waals surface area contributed by atoms with Gasteiger partial charge in [0.15, 0.2) is 0 Å². The Bertz CT molecular complexity index is 518. The van der Waals surface area contributed by atoms with Crippen LogP contribution in [0.3, 0.4) is 0 Å². The summed E-state index contributed by atoms with van der Waals surface area (Å²) in [5, 5.41) is 13.5. The summed E-state index contributed by atoms with van der Waals surface area (Å²) < 4.78 is 0. The third-order valence-electron chi connectivity index (χ3n) is 3.31. The largest absolute Gasteiger partial charge is 0.352 e. The number of halogens is 1. The zero-order chi connectivity index (χ0) is 14.5. The quantitative estimate of drug-likeness (QED) is 0.684. The number of nitrogens with one attached hydrogen (secondary N) is 1. The first-order valence-corrected chi connectivity index (χ1v) is 7.91. The molecule has 1 heterocycles. The molecule has 1 fully saturated rings. The number of amides is 1. The molecular weight excluding hydrogens is 300 g/mol. The molecule has 5 nitrogen and oxygen atoms in total. The molecule has 0 atom stereocenters. The van der Waals surface area contributed by atoms with E-state index < -0.39 is 4.92 Å². The van der Waals surface area contributed by atoms with Crippen LogP contribution in [-0.2, 0) is 0 Å². The summed E-state index contributed by atoms with van der Waals surface area (Å²) in [5.41, 5.74) is -0.0839. The van der Waals surface area contributed by atoms with E-state index >= 15 is 0 Å². The van der Waals surface area contributed by atoms with Crippen molar-refractivity contribution in [1.82, 2.24) is 5.32 Å². The van der Waals surface area contributed by atoms with Crippen LogP contribution in [0.15, 0.2) is 18.2 Å². The zero-order valence-electron chi connectivity index (χ0n) is 10.8. The molecule has 1 aliphatic rings. The highest BCUT2D eigenvalue weighted by atomic mass is 35.5. The van der Waals surface area contributed by atoms with E-state index in [0.29, 0.717) is 12.5 Å². The Morgan fingerprint density at radius 2 is 2.15 bits per heavy atom. The number of rotatable bonds is 4. The van der Waals surface area contributed by atoms with E-state index in [1.165, 1.54) is 18.2 Å². The maximum Gasteiger partial charge on any atom is 0.288 e. The van der Waals surface area contributed by atoms with Crippen LogP contribution in [0.25, 0.3) is 0 Å². The topological polar surface area (TPSA) is 72.2 Å². The smallest absolute Gasteiger partial charge is 0.288 e. The first-order chi connectivity index (χ1) is 9.59. The third kappa shape index (κ3) is 3.64. The van der Waals surface area contributed by atoms with E-state index in [1.54, 1.807) is 0 Å². The summed E-state index contributed by atoms with van der Waals surface area (Å²) in [4.78, 5) is 22.3. The molecule has 1 saturated heterocycles. The minimum Gasteiger partial charge on any atom is -0.352 e. The standard InChI is InChI=1S/C13H15ClN2O3S/c14-12-10(2-1-3-11(12)16(18)19)13(17)15-8-9-4-6-20-7-5-9/h1-3,9H,4-8H2,(H,15,17). The zero-order valence-corrected chi connectivity index (χ0v) is 12.4. The average Bonchev–Trinajstić information content (AvgIpc) is 2.46. The molecule has 108 valence electrons. The summed E-state index contributed by atoms with van der Waals surface area (Å²) in [7, 11) is 0. The van der Waals surface area contributed by atoms with Gasteiger partial charge in [-0.25, -0.2) is 0 Å². The van der Waals surface area contributed by atoms with Crippen molar-refractivity contribution in [2.75, 3.05) is 18.1 Å². The Morgan fingerprint density at radius 3 is 2.80 bits per heavy atom. The fourth-order valence-corrected chi connectivity index (χ4v) is 3.60. The first-order valence-electron chi connectivity index (χ1n) is 6.38. The van der Waals surface area contributed by atoms with Gasteiger partial charge in [-0.1, -0.05) is 17.7 Å². The third-order valence-corrected chi connectivity index (χ3v) is 4.76. The molecular formula is C13H15ClN2O3S. The van der Waals surface area contributed by atoms with Gasteiger partial charge in [0.1, 0.15) is 5.02 Å². The number of hydrogen-bond donors (Lipinski definition) is 1. The summed E-state index contributed by atoms with van der Waals surface area (Å²) in [6, 6.07) is 4.26. The molecule has 0 spiro atoms. The van der Waals surface area contributed by atoms with Crippen molar-refractivity contribution in [1.29, 1.82) is 0 Å². The number of nitro groups is 1. The summed E-state index contributed by atoms with van der Waals surface area (Å²) in [6.45, 7) is 0.596. The van der Waals surface area contributed by atoms with Gasteiger partial charge < -0.3 is 5.32 Å². The lowest BCUT2D eigenvalue weighted by Crippen LogP contribution is -2.31. The molecule has 1 aromatic rings. The van der Waals surface area contributed by atoms with Crippen molar-refractivity contribution in [2.24, 2.45) is 5.92 Å². The maximum atomic E-state index is 12.1. The second-order valence-corrected chi connectivity index (χ2v) is 6.26. The van der Waals surface area contributed by atoms with Crippen LogP contribution < -0.4 is 5.32 Å². The van der Waals surface area contributed by atoms with Crippen LogP contribution >= 0.6 is 23.4 Å². The van der Waals surface area contributed by atoms with E-state index in [4.69, 9.17) is 11.6 Å². The van der Waals surface area contributed by atoms with Crippen molar-refractivity contribution < 1.29 is 9.72 Å². The minimum absolute atomic E-state index is 0.103. The summed E-state index contributed by atoms with van der Waals surface area (Å²) >= 11 is 7.84. The summed E-state index contributed by atoms with van der Waals surface area (Å²) in [5.74, 6) is 2.38. The molecule has 0 unspecified atom stereocenters. The number of carbonyl (C=O) groups is 1. The van der Waals surface area contributed by atoms with Crippen molar-refractivity contribution in [3.05, 3.63) is 38.9 Å². The molecule has 1 aliphatic heterocycles. The molecule has 0 saturated carbocycles. The van der Waals surface area contributed by atoms with Crippen LogP contribution in [0.2, 0.25) is 5.02 Å². The maximum absolute atomic E-state index is 12.1. The van der Waals surface area contributed by atoms with Gasteiger partial charge in [-0.15, -0.1) is 0 Å². The van der Waals surface area contributed by atoms with Crippen molar-refractivity contribution in [3.8, 4) is 0 Å². The van der Waals surface area contributed by atoms with Crippen molar-refractivity contribution >= 4 is 35.0 Å². The Kier molecular flexibility index (Phi) is 5.25. The highest BCUT2D eigenvalue weighted by Crippen LogP contribution is 2.28. The average molecular weight is 315 g/mol. The van der Waals surface area contributed by atoms with E-state index in [1.807, 2.05) is 11.8 Å². The second kappa shape index (κ2) is 6.95. The second-order valence-electron chi connectivity index (χ2n) is 4.66. The van der Waals surface area contributed by atoms with Crippen LogP contribution in [-0.4, -0.2) is 28.9 Å². The van der Waals surface area contributed by atoms with Crippen LogP contribution in [0.4, 0.5) is 5.69 Å². The molecule has 0 aliphatic carbocycles. The Morgan fingerprint density at radius 1 is 1.45 bits per heavy atom. The predicted octanol–water partition coefficient (Wildman–Crippen LogP) is 3.12. The lowest BCUT2D eigenvalue weighted by Gasteiger charge is -2.21. The Balaban J connectivity index is 2.01. The molecule has 20 heavy (non-hydrogen) atoms. The lowest BCUT2D eigenvalue weighted by atomic mass is 10.0. The number of carbonyl (C=O) groups excluding carboxylic acids is 1. The van der Waals surface area contributed by atoms with Crippen molar-refractivity contribution in [2.45, 2.75) is 12.8 Å². The lowest BCUT2D eigenvalue weighted by molar-refractivity contribution is -0.384. The van der Waals surface area contributed by atoms with Crippen LogP contribution in [0.1, 0.15) is 23.2 Å². The predicted molar refractivity (Wildman–Crippen MR) is 80.5 cm³/mol. The number of thioether (sulfide) groups is 1. The van der Waals surface area contributed by atoms with Gasteiger partial charge in [-0.3, -0.25) is 14.9 Å². The molecule has 7 heteroatoms. The van der Waals surface area contributed by atoms with Gasteiger partial charge in [-0.05, 0) is 36.3 Å². The number of hydrogen-bond acceptors (Lipinski definition) is 4. The van der Waals surface area contributed by atoms with Gasteiger partial charge in [0.05, 0.1) is 10.5 Å². The summed E-state index contributed by atoms with van der Waals surface area (Å²) in [6.07, 6.45) is 2.18. The van der Waals surface area contributed by atoms with Gasteiger partial charge in [-0.2, -0.15) is 11.8 Å². The minimum atomic E-state index is -0.586. The number of benzene rings is 1. The van der Waals surface area contributed by atoms with E-state index in [-0.39, 0.29) is 22.2 Å². The molecule has 1 aromatic carbocycles. The van der Waals surface area contributed by atoms with Crippen molar-refractivity contribution in [3.63, 3.8) is 0 Å². The Hall–Kier alpha value is -1.27. The molecule has 1 N–H and O–H groups in total. The normalized spacial score (nSPS) is 15.8. The number of nitro benzene ring substituents is 1. The Labute approximate surface area is 126 Å². The van der Waals surface area contributed by atoms with Gasteiger partial charge in [0, 0.05) is 12.6 Å². The van der Waals surface area contributed by atoms with E-state index in [2.05, 4.69) is 5.32 Å². The molecule has 2 rings (SSSR count). The monoisotopic (exact) mass is 314 g/mol. The molecule has 0 bridgehead atoms. The highest BCUT2D eigenvalue weighted by Gasteiger charge is 2.21. The van der Waals surface area contributed by atoms with Gasteiger partial charge in [0.25, 0.3) is 11.6 Å². The molecule has 0 aromatic heterocycles.